The van der Waals surface area contributed by atoms with Crippen LogP contribution in [0.3, 0.4) is 0 Å². The number of halogens is 1. The third-order valence-corrected chi connectivity index (χ3v) is 7.90. The normalized spacial score (nSPS) is 18.0. The quantitative estimate of drug-likeness (QED) is 0.411. The number of carbonyl (C=O) groups excluding carboxylic acids is 1. The maximum atomic E-state index is 13.9. The van der Waals surface area contributed by atoms with Crippen molar-refractivity contribution < 1.29 is 22.7 Å². The fraction of sp³-hybridized carbons (Fsp3) is 0.179. The van der Waals surface area contributed by atoms with Crippen molar-refractivity contribution >= 4 is 38.1 Å². The van der Waals surface area contributed by atoms with E-state index in [1.165, 1.54) is 41.3 Å². The third kappa shape index (κ3) is 3.87. The lowest BCUT2D eigenvalue weighted by atomic mass is 9.87. The highest BCUT2D eigenvalue weighted by Gasteiger charge is 2.51. The number of nitrogens with zero attached hydrogens (tertiary/aromatic N) is 1. The molecular formula is C28H25FN2O4S. The van der Waals surface area contributed by atoms with Crippen LogP contribution in [0.1, 0.15) is 31.9 Å². The molecule has 0 spiro atoms. The number of para-hydroxylation sites is 1. The van der Waals surface area contributed by atoms with Gasteiger partial charge >= 0.3 is 0 Å². The number of hydrogen-bond acceptors (Lipinski definition) is 4. The minimum Gasteiger partial charge on any atom is -0.372 e. The highest BCUT2D eigenvalue weighted by molar-refractivity contribution is 7.89. The number of carbonyl (C=O) groups is 1. The van der Waals surface area contributed by atoms with E-state index in [4.69, 9.17) is 0 Å². The minimum absolute atomic E-state index is 0.0245. The zero-order valence-electron chi connectivity index (χ0n) is 20.0. The summed E-state index contributed by atoms with van der Waals surface area (Å²) in [4.78, 5) is 15.4. The first-order valence-corrected chi connectivity index (χ1v) is 12.9. The molecule has 4 aromatic carbocycles. The Morgan fingerprint density at radius 3 is 2.25 bits per heavy atom. The van der Waals surface area contributed by atoms with Crippen molar-refractivity contribution in [3.8, 4) is 0 Å². The van der Waals surface area contributed by atoms with E-state index >= 15 is 0 Å². The average molecular weight is 505 g/mol. The van der Waals surface area contributed by atoms with E-state index < -0.39 is 27.1 Å². The number of amides is 1. The maximum absolute atomic E-state index is 13.9. The molecule has 1 unspecified atom stereocenters. The van der Waals surface area contributed by atoms with Gasteiger partial charge in [-0.3, -0.25) is 9.69 Å². The Morgan fingerprint density at radius 2 is 1.56 bits per heavy atom. The predicted octanol–water partition coefficient (Wildman–Crippen LogP) is 4.97. The van der Waals surface area contributed by atoms with E-state index in [1.54, 1.807) is 69.3 Å². The van der Waals surface area contributed by atoms with Gasteiger partial charge in [-0.15, -0.1) is 0 Å². The molecule has 1 aliphatic rings. The van der Waals surface area contributed by atoms with Gasteiger partial charge in [-0.25, -0.2) is 17.5 Å². The van der Waals surface area contributed by atoms with Crippen molar-refractivity contribution in [2.24, 2.45) is 0 Å². The predicted molar refractivity (Wildman–Crippen MR) is 137 cm³/mol. The lowest BCUT2D eigenvalue weighted by molar-refractivity contribution is -0.131. The fourth-order valence-corrected chi connectivity index (χ4v) is 6.07. The molecule has 1 amide bonds. The van der Waals surface area contributed by atoms with Crippen LogP contribution in [0.25, 0.3) is 10.8 Å². The van der Waals surface area contributed by atoms with Crippen LogP contribution in [-0.2, 0) is 20.4 Å². The lowest BCUT2D eigenvalue weighted by Gasteiger charge is -2.25. The van der Waals surface area contributed by atoms with Gasteiger partial charge in [0.2, 0.25) is 10.0 Å². The molecule has 36 heavy (non-hydrogen) atoms. The Morgan fingerprint density at radius 1 is 0.889 bits per heavy atom. The number of anilines is 2. The van der Waals surface area contributed by atoms with Gasteiger partial charge in [0.05, 0.1) is 16.3 Å². The number of sulfonamides is 1. The van der Waals surface area contributed by atoms with E-state index in [9.17, 15) is 22.7 Å². The summed E-state index contributed by atoms with van der Waals surface area (Å²) in [5.74, 6) is -0.996. The number of hydrogen-bond donors (Lipinski definition) is 2. The topological polar surface area (TPSA) is 86.7 Å². The van der Waals surface area contributed by atoms with Crippen molar-refractivity contribution in [3.63, 3.8) is 0 Å². The Hall–Kier alpha value is -3.59. The SMILES string of the molecule is CC(C)(C)NS(=O)(=O)c1ccc(C2(O)C(=O)N(c3cccc4cc(F)ccc34)c3ccccc32)cc1. The van der Waals surface area contributed by atoms with E-state index in [1.807, 2.05) is 0 Å². The van der Waals surface area contributed by atoms with E-state index in [0.29, 0.717) is 27.7 Å². The molecule has 1 aliphatic heterocycles. The van der Waals surface area contributed by atoms with Crippen molar-refractivity contribution in [2.75, 3.05) is 4.90 Å². The van der Waals surface area contributed by atoms with Crippen molar-refractivity contribution in [1.82, 2.24) is 4.72 Å². The first-order chi connectivity index (χ1) is 16.9. The van der Waals surface area contributed by atoms with Gasteiger partial charge in [0, 0.05) is 16.5 Å². The smallest absolute Gasteiger partial charge is 0.273 e. The van der Waals surface area contributed by atoms with E-state index in [-0.39, 0.29) is 16.3 Å². The lowest BCUT2D eigenvalue weighted by Crippen LogP contribution is -2.41. The molecule has 8 heteroatoms. The molecule has 5 rings (SSSR count). The Labute approximate surface area is 209 Å². The summed E-state index contributed by atoms with van der Waals surface area (Å²) in [6, 6.07) is 22.1. The summed E-state index contributed by atoms with van der Waals surface area (Å²) in [6.45, 7) is 5.23. The van der Waals surface area contributed by atoms with Crippen molar-refractivity contribution in [3.05, 3.63) is 102 Å². The number of rotatable bonds is 4. The molecule has 0 saturated heterocycles. The average Bonchev–Trinajstić information content (AvgIpc) is 3.05. The number of benzene rings is 4. The van der Waals surface area contributed by atoms with E-state index in [0.717, 1.165) is 0 Å². The van der Waals surface area contributed by atoms with Gasteiger partial charge in [-0.1, -0.05) is 42.5 Å². The molecule has 0 aliphatic carbocycles. The van der Waals surface area contributed by atoms with Crippen LogP contribution < -0.4 is 9.62 Å². The minimum atomic E-state index is -3.79. The van der Waals surface area contributed by atoms with E-state index in [2.05, 4.69) is 4.72 Å². The molecule has 184 valence electrons. The summed E-state index contributed by atoms with van der Waals surface area (Å²) < 4.78 is 41.9. The summed E-state index contributed by atoms with van der Waals surface area (Å²) in [5, 5.41) is 13.2. The first kappa shape index (κ1) is 24.1. The summed E-state index contributed by atoms with van der Waals surface area (Å²) >= 11 is 0. The van der Waals surface area contributed by atoms with Crippen LogP contribution in [0.5, 0.6) is 0 Å². The second-order valence-corrected chi connectivity index (χ2v) is 11.6. The second-order valence-electron chi connectivity index (χ2n) is 9.89. The van der Waals surface area contributed by atoms with Gasteiger partial charge in [0.15, 0.2) is 5.60 Å². The Bertz CT molecular complexity index is 1610. The molecular weight excluding hydrogens is 479 g/mol. The molecule has 0 bridgehead atoms. The van der Waals surface area contributed by atoms with Gasteiger partial charge in [0.1, 0.15) is 5.82 Å². The maximum Gasteiger partial charge on any atom is 0.273 e. The van der Waals surface area contributed by atoms with Crippen LogP contribution in [0.2, 0.25) is 0 Å². The molecule has 6 nitrogen and oxygen atoms in total. The standard InChI is InChI=1S/C28H25FN2O4S/c1-27(2,3)30-36(34,35)21-14-11-19(12-15-21)28(33)23-8-4-5-9-25(23)31(26(28)32)24-10-6-7-18-17-20(29)13-16-22(18)24/h4-17,30,33H,1-3H3. The highest BCUT2D eigenvalue weighted by Crippen LogP contribution is 2.48. The molecule has 1 heterocycles. The number of nitrogens with one attached hydrogen (secondary N) is 1. The molecule has 2 N–H and O–H groups in total. The molecule has 0 radical (unpaired) electrons. The molecule has 0 aromatic heterocycles. The zero-order chi connectivity index (χ0) is 25.9. The fourth-order valence-electron chi connectivity index (χ4n) is 4.65. The van der Waals surface area contributed by atoms with Crippen molar-refractivity contribution in [1.29, 1.82) is 0 Å². The van der Waals surface area contributed by atoms with Crippen LogP contribution in [0, 0.1) is 5.82 Å². The highest BCUT2D eigenvalue weighted by atomic mass is 32.2. The third-order valence-electron chi connectivity index (χ3n) is 6.13. The van der Waals surface area contributed by atoms with Gasteiger partial charge in [0.25, 0.3) is 5.91 Å². The van der Waals surface area contributed by atoms with Crippen LogP contribution in [0.15, 0.2) is 89.8 Å². The molecule has 0 fully saturated rings. The Balaban J connectivity index is 1.62. The number of fused-ring (bicyclic) bond motifs is 2. The monoisotopic (exact) mass is 504 g/mol. The van der Waals surface area contributed by atoms with Crippen LogP contribution in [-0.4, -0.2) is 25.0 Å². The summed E-state index contributed by atoms with van der Waals surface area (Å²) in [5.41, 5.74) is -1.10. The van der Waals surface area contributed by atoms with Crippen LogP contribution >= 0.6 is 0 Å². The van der Waals surface area contributed by atoms with Crippen LogP contribution in [0.4, 0.5) is 15.8 Å². The van der Waals surface area contributed by atoms with Gasteiger partial charge < -0.3 is 5.11 Å². The molecule has 4 aromatic rings. The first-order valence-electron chi connectivity index (χ1n) is 11.4. The van der Waals surface area contributed by atoms with Crippen molar-refractivity contribution in [2.45, 2.75) is 36.8 Å². The summed E-state index contributed by atoms with van der Waals surface area (Å²) in [6.07, 6.45) is 0. The number of aliphatic hydroxyl groups is 1. The molecule has 0 saturated carbocycles. The summed E-state index contributed by atoms with van der Waals surface area (Å²) in [7, 11) is -3.79. The van der Waals surface area contributed by atoms with Gasteiger partial charge in [-0.2, -0.15) is 0 Å². The van der Waals surface area contributed by atoms with Gasteiger partial charge in [-0.05, 0) is 74.2 Å². The molecule has 1 atom stereocenters. The zero-order valence-corrected chi connectivity index (χ0v) is 20.8. The largest absolute Gasteiger partial charge is 0.372 e. The second kappa shape index (κ2) is 8.23. The Kier molecular flexibility index (Phi) is 5.51.